The summed E-state index contributed by atoms with van der Waals surface area (Å²) in [7, 11) is 0. The van der Waals surface area contributed by atoms with E-state index in [1.54, 1.807) is 11.3 Å². The number of nitrogens with one attached hydrogen (secondary N) is 1. The molecule has 1 aromatic rings. The Hall–Kier alpha value is -0.550. The van der Waals surface area contributed by atoms with Gasteiger partial charge < -0.3 is 10.1 Å². The Balaban J connectivity index is 2.15. The Labute approximate surface area is 81.9 Å². The van der Waals surface area contributed by atoms with Gasteiger partial charge in [0.1, 0.15) is 12.6 Å². The van der Waals surface area contributed by atoms with Crippen molar-refractivity contribution < 1.29 is 9.53 Å². The first-order chi connectivity index (χ1) is 5.75. The van der Waals surface area contributed by atoms with E-state index in [9.17, 15) is 4.79 Å². The fourth-order valence-electron chi connectivity index (χ4n) is 1.05. The molecule has 0 radical (unpaired) electrons. The van der Waals surface area contributed by atoms with Crippen LogP contribution >= 0.6 is 27.3 Å². The summed E-state index contributed by atoms with van der Waals surface area (Å²) in [4.78, 5) is 11.8. The van der Waals surface area contributed by atoms with Crippen LogP contribution in [0.5, 0.6) is 0 Å². The lowest BCUT2D eigenvalue weighted by Gasteiger charge is -2.01. The van der Waals surface area contributed by atoms with Crippen LogP contribution in [-0.2, 0) is 4.74 Å². The molecule has 5 heteroatoms. The fourth-order valence-corrected chi connectivity index (χ4v) is 2.53. The molecule has 0 saturated carbocycles. The number of alkyl carbamates (subject to hydrolysis) is 1. The number of thiophene rings is 1. The van der Waals surface area contributed by atoms with E-state index in [1.165, 1.54) is 0 Å². The summed E-state index contributed by atoms with van der Waals surface area (Å²) in [6.07, 6.45) is -0.329. The summed E-state index contributed by atoms with van der Waals surface area (Å²) in [5.74, 6) is 0. The van der Waals surface area contributed by atoms with Crippen molar-refractivity contribution in [3.05, 3.63) is 20.8 Å². The van der Waals surface area contributed by atoms with E-state index in [1.807, 2.05) is 11.4 Å². The zero-order chi connectivity index (χ0) is 8.55. The van der Waals surface area contributed by atoms with E-state index >= 15 is 0 Å². The number of hydrogen-bond donors (Lipinski definition) is 1. The van der Waals surface area contributed by atoms with Gasteiger partial charge in [0.2, 0.25) is 0 Å². The SMILES string of the molecule is O=C1NC(c2cc(Br)cs2)CO1. The van der Waals surface area contributed by atoms with Crippen molar-refractivity contribution in [2.75, 3.05) is 6.61 Å². The molecule has 1 unspecified atom stereocenters. The molecule has 12 heavy (non-hydrogen) atoms. The summed E-state index contributed by atoms with van der Waals surface area (Å²) in [5, 5.41) is 4.70. The lowest BCUT2D eigenvalue weighted by atomic mass is 10.3. The summed E-state index contributed by atoms with van der Waals surface area (Å²) >= 11 is 4.96. The largest absolute Gasteiger partial charge is 0.447 e. The molecule has 2 heterocycles. The van der Waals surface area contributed by atoms with Crippen LogP contribution in [0.4, 0.5) is 4.79 Å². The lowest BCUT2D eigenvalue weighted by molar-refractivity contribution is 0.177. The average Bonchev–Trinajstić information content (AvgIpc) is 2.58. The van der Waals surface area contributed by atoms with Crippen molar-refractivity contribution in [2.24, 2.45) is 0 Å². The minimum atomic E-state index is -0.329. The van der Waals surface area contributed by atoms with Gasteiger partial charge in [-0.2, -0.15) is 0 Å². The maximum absolute atomic E-state index is 10.7. The van der Waals surface area contributed by atoms with Crippen LogP contribution in [0.25, 0.3) is 0 Å². The van der Waals surface area contributed by atoms with Gasteiger partial charge in [-0.3, -0.25) is 0 Å². The second-order valence-corrected chi connectivity index (χ2v) is 4.32. The van der Waals surface area contributed by atoms with Crippen LogP contribution in [-0.4, -0.2) is 12.7 Å². The van der Waals surface area contributed by atoms with Crippen molar-refractivity contribution in [1.82, 2.24) is 5.32 Å². The van der Waals surface area contributed by atoms with Crippen molar-refractivity contribution >= 4 is 33.4 Å². The number of cyclic esters (lactones) is 1. The highest BCUT2D eigenvalue weighted by molar-refractivity contribution is 9.10. The molecule has 1 aromatic heterocycles. The molecule has 0 bridgehead atoms. The van der Waals surface area contributed by atoms with Crippen LogP contribution in [0.2, 0.25) is 0 Å². The fraction of sp³-hybridized carbons (Fsp3) is 0.286. The highest BCUT2D eigenvalue weighted by atomic mass is 79.9. The third-order valence-corrected chi connectivity index (χ3v) is 3.41. The molecule has 1 fully saturated rings. The van der Waals surface area contributed by atoms with Crippen molar-refractivity contribution in [3.63, 3.8) is 0 Å². The first kappa shape index (κ1) is 8.07. The van der Waals surface area contributed by atoms with Gasteiger partial charge in [0, 0.05) is 14.7 Å². The first-order valence-corrected chi connectivity index (χ1v) is 5.10. The molecule has 1 saturated heterocycles. The molecule has 1 amide bonds. The standard InChI is InChI=1S/C7H6BrNO2S/c8-4-1-6(12-3-4)5-2-11-7(10)9-5/h1,3,5H,2H2,(H,9,10). The van der Waals surface area contributed by atoms with Gasteiger partial charge in [0.25, 0.3) is 0 Å². The molecular formula is C7H6BrNO2S. The van der Waals surface area contributed by atoms with Crippen LogP contribution in [0.3, 0.4) is 0 Å². The summed E-state index contributed by atoms with van der Waals surface area (Å²) < 4.78 is 5.82. The number of amides is 1. The summed E-state index contributed by atoms with van der Waals surface area (Å²) in [5.41, 5.74) is 0. The molecule has 0 aliphatic carbocycles. The van der Waals surface area contributed by atoms with Gasteiger partial charge in [-0.15, -0.1) is 11.3 Å². The van der Waals surface area contributed by atoms with E-state index in [4.69, 9.17) is 4.74 Å². The zero-order valence-electron chi connectivity index (χ0n) is 6.04. The first-order valence-electron chi connectivity index (χ1n) is 3.43. The monoisotopic (exact) mass is 247 g/mol. The molecule has 2 rings (SSSR count). The van der Waals surface area contributed by atoms with Gasteiger partial charge in [0.15, 0.2) is 0 Å². The topological polar surface area (TPSA) is 38.3 Å². The Bertz CT molecular complexity index is 312. The second kappa shape index (κ2) is 3.06. The van der Waals surface area contributed by atoms with E-state index in [2.05, 4.69) is 21.2 Å². The Morgan fingerprint density at radius 3 is 3.08 bits per heavy atom. The van der Waals surface area contributed by atoms with E-state index in [0.717, 1.165) is 9.35 Å². The van der Waals surface area contributed by atoms with Gasteiger partial charge in [-0.1, -0.05) is 0 Å². The van der Waals surface area contributed by atoms with Gasteiger partial charge in [-0.25, -0.2) is 4.79 Å². The number of carbonyl (C=O) groups is 1. The lowest BCUT2D eigenvalue weighted by Crippen LogP contribution is -2.17. The normalized spacial score (nSPS) is 22.1. The minimum absolute atomic E-state index is 0.0359. The molecule has 0 aromatic carbocycles. The van der Waals surface area contributed by atoms with Crippen LogP contribution in [0, 0.1) is 0 Å². The molecule has 1 atom stereocenters. The van der Waals surface area contributed by atoms with E-state index in [0.29, 0.717) is 6.61 Å². The predicted octanol–water partition coefficient (Wildman–Crippen LogP) is 2.29. The summed E-state index contributed by atoms with van der Waals surface area (Å²) in [6, 6.07) is 2.03. The number of carbonyl (C=O) groups excluding carboxylic acids is 1. The maximum Gasteiger partial charge on any atom is 0.407 e. The van der Waals surface area contributed by atoms with Crippen molar-refractivity contribution in [2.45, 2.75) is 6.04 Å². The third kappa shape index (κ3) is 1.47. The van der Waals surface area contributed by atoms with Gasteiger partial charge in [-0.05, 0) is 22.0 Å². The Morgan fingerprint density at radius 1 is 1.75 bits per heavy atom. The van der Waals surface area contributed by atoms with Crippen LogP contribution in [0.1, 0.15) is 10.9 Å². The van der Waals surface area contributed by atoms with Gasteiger partial charge >= 0.3 is 6.09 Å². The molecule has 64 valence electrons. The highest BCUT2D eigenvalue weighted by Crippen LogP contribution is 2.27. The molecule has 3 nitrogen and oxygen atoms in total. The maximum atomic E-state index is 10.7. The van der Waals surface area contributed by atoms with Crippen LogP contribution in [0.15, 0.2) is 15.9 Å². The van der Waals surface area contributed by atoms with Crippen LogP contribution < -0.4 is 5.32 Å². The second-order valence-electron chi connectivity index (χ2n) is 2.46. The molecule has 1 aliphatic rings. The number of ether oxygens (including phenoxy) is 1. The number of hydrogen-bond acceptors (Lipinski definition) is 3. The van der Waals surface area contributed by atoms with Crippen molar-refractivity contribution in [1.29, 1.82) is 0 Å². The molecule has 0 spiro atoms. The quantitative estimate of drug-likeness (QED) is 0.828. The Morgan fingerprint density at radius 2 is 2.58 bits per heavy atom. The number of rotatable bonds is 1. The highest BCUT2D eigenvalue weighted by Gasteiger charge is 2.24. The summed E-state index contributed by atoms with van der Waals surface area (Å²) in [6.45, 7) is 0.436. The van der Waals surface area contributed by atoms with Crippen molar-refractivity contribution in [3.8, 4) is 0 Å². The van der Waals surface area contributed by atoms with E-state index < -0.39 is 0 Å². The Kier molecular flexibility index (Phi) is 2.06. The van der Waals surface area contributed by atoms with Gasteiger partial charge in [0.05, 0.1) is 0 Å². The average molecular weight is 248 g/mol. The molecule has 1 aliphatic heterocycles. The predicted molar refractivity (Wildman–Crippen MR) is 49.2 cm³/mol. The third-order valence-electron chi connectivity index (χ3n) is 1.60. The van der Waals surface area contributed by atoms with E-state index in [-0.39, 0.29) is 12.1 Å². The number of halogens is 1. The zero-order valence-corrected chi connectivity index (χ0v) is 8.44. The smallest absolute Gasteiger partial charge is 0.407 e. The minimum Gasteiger partial charge on any atom is -0.447 e. The molecule has 1 N–H and O–H groups in total. The molecular weight excluding hydrogens is 242 g/mol.